The zero-order valence-corrected chi connectivity index (χ0v) is 22.6. The molecule has 0 aliphatic heterocycles. The van der Waals surface area contributed by atoms with Crippen LogP contribution in [-0.4, -0.2) is 39.6 Å². The molecule has 3 N–H and O–H groups in total. The number of benzene rings is 2. The number of hydrogen-bond acceptors (Lipinski definition) is 4. The maximum absolute atomic E-state index is 10.7. The van der Waals surface area contributed by atoms with Gasteiger partial charge in [0, 0.05) is 12.3 Å². The van der Waals surface area contributed by atoms with E-state index in [1.807, 2.05) is 39.0 Å². The van der Waals surface area contributed by atoms with Gasteiger partial charge in [0.15, 0.2) is 0 Å². The molecule has 2 aromatic rings. The van der Waals surface area contributed by atoms with Crippen LogP contribution in [0.2, 0.25) is 0 Å². The lowest BCUT2D eigenvalue weighted by atomic mass is 9.85. The number of aliphatic hydroxyl groups excluding tert-OH is 1. The number of aryl methyl sites for hydroxylation is 2. The van der Waals surface area contributed by atoms with Crippen LogP contribution in [0.3, 0.4) is 0 Å². The van der Waals surface area contributed by atoms with Crippen molar-refractivity contribution in [3.05, 3.63) is 70.3 Å². The van der Waals surface area contributed by atoms with E-state index in [2.05, 4.69) is 44.2 Å². The second kappa shape index (κ2) is 14.2. The fourth-order valence-electron chi connectivity index (χ4n) is 4.38. The number of rotatable bonds is 15. The summed E-state index contributed by atoms with van der Waals surface area (Å²) in [6.45, 7) is 10.4. The smallest absolute Gasteiger partial charge is 0.303 e. The monoisotopic (exact) mass is 496 g/mol. The van der Waals surface area contributed by atoms with Crippen molar-refractivity contribution in [1.82, 2.24) is 0 Å². The summed E-state index contributed by atoms with van der Waals surface area (Å²) in [7, 11) is 0. The standard InChI is InChI=1S/C31H44O5/c1-6-9-10-28(25-12-11-24(22(4)19-25)17-18-31(35,7-2)8-3)26-13-15-29(23(5)20-26)36-21-27(32)14-16-30(33)34/h11-13,15,17-20,27-28,32,35H,6-10,14,16,21H2,1-5H3,(H,33,34)/t27-,28?/m0/s1. The van der Waals surface area contributed by atoms with Crippen molar-refractivity contribution in [2.75, 3.05) is 6.61 Å². The molecule has 0 bridgehead atoms. The summed E-state index contributed by atoms with van der Waals surface area (Å²) >= 11 is 0. The normalized spacial score (nSPS) is 13.6. The van der Waals surface area contributed by atoms with Gasteiger partial charge in [0.25, 0.3) is 0 Å². The van der Waals surface area contributed by atoms with Crippen molar-refractivity contribution in [2.45, 2.75) is 97.2 Å². The number of ether oxygens (including phenoxy) is 1. The van der Waals surface area contributed by atoms with E-state index in [1.54, 1.807) is 0 Å². The van der Waals surface area contributed by atoms with Gasteiger partial charge in [-0.25, -0.2) is 0 Å². The van der Waals surface area contributed by atoms with Gasteiger partial charge < -0.3 is 20.1 Å². The third-order valence-electron chi connectivity index (χ3n) is 7.06. The lowest BCUT2D eigenvalue weighted by Gasteiger charge is -2.22. The molecule has 2 rings (SSSR count). The summed E-state index contributed by atoms with van der Waals surface area (Å²) in [6.07, 6.45) is 7.92. The first-order valence-corrected chi connectivity index (χ1v) is 13.3. The average Bonchev–Trinajstić information content (AvgIpc) is 2.86. The fraction of sp³-hybridized carbons (Fsp3) is 0.516. The first-order valence-electron chi connectivity index (χ1n) is 13.3. The Morgan fingerprint density at radius 3 is 2.19 bits per heavy atom. The fourth-order valence-corrected chi connectivity index (χ4v) is 4.38. The Hall–Kier alpha value is -2.63. The van der Waals surface area contributed by atoms with Crippen molar-refractivity contribution in [3.63, 3.8) is 0 Å². The molecule has 36 heavy (non-hydrogen) atoms. The van der Waals surface area contributed by atoms with Gasteiger partial charge in [-0.1, -0.05) is 76.1 Å². The molecular weight excluding hydrogens is 452 g/mol. The lowest BCUT2D eigenvalue weighted by molar-refractivity contribution is -0.137. The number of unbranched alkanes of at least 4 members (excludes halogenated alkanes) is 1. The van der Waals surface area contributed by atoms with Gasteiger partial charge in [-0.3, -0.25) is 4.79 Å². The highest BCUT2D eigenvalue weighted by Crippen LogP contribution is 2.34. The summed E-state index contributed by atoms with van der Waals surface area (Å²) in [5.41, 5.74) is 5.04. The minimum atomic E-state index is -0.921. The second-order valence-corrected chi connectivity index (χ2v) is 9.88. The third-order valence-corrected chi connectivity index (χ3v) is 7.06. The van der Waals surface area contributed by atoms with Crippen LogP contribution in [0.1, 0.15) is 99.5 Å². The molecule has 0 amide bonds. The van der Waals surface area contributed by atoms with Crippen molar-refractivity contribution in [1.29, 1.82) is 0 Å². The molecule has 0 aliphatic rings. The largest absolute Gasteiger partial charge is 0.491 e. The zero-order chi connectivity index (χ0) is 26.7. The van der Waals surface area contributed by atoms with Crippen LogP contribution in [0.5, 0.6) is 5.75 Å². The van der Waals surface area contributed by atoms with Crippen molar-refractivity contribution >= 4 is 12.0 Å². The Morgan fingerprint density at radius 2 is 1.64 bits per heavy atom. The van der Waals surface area contributed by atoms with Crippen LogP contribution in [0.4, 0.5) is 0 Å². The van der Waals surface area contributed by atoms with Crippen LogP contribution in [0.25, 0.3) is 6.08 Å². The van der Waals surface area contributed by atoms with Crippen molar-refractivity contribution in [3.8, 4) is 5.75 Å². The van der Waals surface area contributed by atoms with E-state index in [9.17, 15) is 15.0 Å². The maximum Gasteiger partial charge on any atom is 0.303 e. The van der Waals surface area contributed by atoms with Gasteiger partial charge in [0.05, 0.1) is 11.7 Å². The molecule has 0 saturated carbocycles. The molecule has 0 heterocycles. The van der Waals surface area contributed by atoms with E-state index in [0.717, 1.165) is 30.4 Å². The molecule has 0 spiro atoms. The highest BCUT2D eigenvalue weighted by molar-refractivity contribution is 5.66. The highest BCUT2D eigenvalue weighted by Gasteiger charge is 2.19. The molecule has 198 valence electrons. The van der Waals surface area contributed by atoms with Crippen molar-refractivity contribution < 1.29 is 24.9 Å². The lowest BCUT2D eigenvalue weighted by Crippen LogP contribution is -2.22. The number of carboxylic acid groups (broad SMARTS) is 1. The molecule has 5 heteroatoms. The summed E-state index contributed by atoms with van der Waals surface area (Å²) in [5, 5.41) is 29.4. The quantitative estimate of drug-likeness (QED) is 0.253. The number of hydrogen-bond donors (Lipinski definition) is 3. The number of aliphatic carboxylic acids is 1. The van der Waals surface area contributed by atoms with E-state index < -0.39 is 17.7 Å². The Balaban J connectivity index is 2.23. The van der Waals surface area contributed by atoms with Gasteiger partial charge >= 0.3 is 5.97 Å². The zero-order valence-electron chi connectivity index (χ0n) is 22.6. The van der Waals surface area contributed by atoms with E-state index in [1.165, 1.54) is 16.7 Å². The Kier molecular flexibility index (Phi) is 11.7. The molecule has 2 atom stereocenters. The number of aliphatic hydroxyl groups is 2. The van der Waals surface area contributed by atoms with Crippen LogP contribution < -0.4 is 4.74 Å². The predicted molar refractivity (Wildman–Crippen MR) is 147 cm³/mol. The molecule has 0 aromatic heterocycles. The number of carbonyl (C=O) groups is 1. The van der Waals surface area contributed by atoms with E-state index in [-0.39, 0.29) is 25.4 Å². The molecule has 5 nitrogen and oxygen atoms in total. The van der Waals surface area contributed by atoms with Crippen molar-refractivity contribution in [2.24, 2.45) is 0 Å². The van der Waals surface area contributed by atoms with E-state index >= 15 is 0 Å². The summed E-state index contributed by atoms with van der Waals surface area (Å²) in [4.78, 5) is 10.7. The molecule has 0 aliphatic carbocycles. The Labute approximate surface area is 216 Å². The minimum Gasteiger partial charge on any atom is -0.491 e. The van der Waals surface area contributed by atoms with Crippen LogP contribution in [-0.2, 0) is 4.79 Å². The molecular formula is C31H44O5. The highest BCUT2D eigenvalue weighted by atomic mass is 16.5. The first kappa shape index (κ1) is 29.6. The number of carboxylic acids is 1. The Bertz CT molecular complexity index is 1010. The summed E-state index contributed by atoms with van der Waals surface area (Å²) in [6, 6.07) is 12.8. The molecule has 0 fully saturated rings. The summed E-state index contributed by atoms with van der Waals surface area (Å²) in [5.74, 6) is 0.0487. The molecule has 0 radical (unpaired) electrons. The summed E-state index contributed by atoms with van der Waals surface area (Å²) < 4.78 is 5.79. The van der Waals surface area contributed by atoms with Gasteiger partial charge in [-0.05, 0) is 73.4 Å². The molecule has 1 unspecified atom stereocenters. The second-order valence-electron chi connectivity index (χ2n) is 9.88. The molecule has 2 aromatic carbocycles. The molecule has 0 saturated heterocycles. The minimum absolute atomic E-state index is 0.0755. The third kappa shape index (κ3) is 8.79. The van der Waals surface area contributed by atoms with Gasteiger partial charge in [0.2, 0.25) is 0 Å². The van der Waals surface area contributed by atoms with Crippen LogP contribution in [0, 0.1) is 13.8 Å². The van der Waals surface area contributed by atoms with E-state index in [4.69, 9.17) is 9.84 Å². The van der Waals surface area contributed by atoms with Gasteiger partial charge in [0.1, 0.15) is 12.4 Å². The van der Waals surface area contributed by atoms with Crippen LogP contribution in [0.15, 0.2) is 42.5 Å². The first-order chi connectivity index (χ1) is 17.1. The SMILES string of the molecule is CCCCC(c1ccc(C=CC(O)(CC)CC)c(C)c1)c1ccc(OC[C@@H](O)CCC(=O)O)c(C)c1. The average molecular weight is 497 g/mol. The van der Waals surface area contributed by atoms with Gasteiger partial charge in [-0.2, -0.15) is 0 Å². The van der Waals surface area contributed by atoms with Gasteiger partial charge in [-0.15, -0.1) is 0 Å². The predicted octanol–water partition coefficient (Wildman–Crippen LogP) is 6.79. The maximum atomic E-state index is 10.7. The topological polar surface area (TPSA) is 87.0 Å². The Morgan fingerprint density at radius 1 is 1.00 bits per heavy atom. The van der Waals surface area contributed by atoms with Crippen LogP contribution >= 0.6 is 0 Å². The van der Waals surface area contributed by atoms with E-state index in [0.29, 0.717) is 18.6 Å².